The fraction of sp³-hybridized carbons (Fsp3) is 0.0769. The van der Waals surface area contributed by atoms with Gasteiger partial charge in [0.1, 0.15) is 5.82 Å². The summed E-state index contributed by atoms with van der Waals surface area (Å²) in [4.78, 5) is 16.0. The van der Waals surface area contributed by atoms with E-state index in [1.807, 2.05) is 0 Å². The van der Waals surface area contributed by atoms with Crippen LogP contribution in [0.2, 0.25) is 5.02 Å². The average molecular weight is 262 g/mol. The third-order valence-corrected chi connectivity index (χ3v) is 2.83. The number of aromatic nitrogens is 1. The quantitative estimate of drug-likeness (QED) is 0.656. The second-order valence-corrected chi connectivity index (χ2v) is 4.32. The van der Waals surface area contributed by atoms with Crippen LogP contribution in [0.5, 0.6) is 0 Å². The molecule has 5 heteroatoms. The Bertz CT molecular complexity index is 599. The number of carbonyl (C=O) groups excluding carboxylic acids is 1. The highest BCUT2D eigenvalue weighted by molar-refractivity contribution is 6.31. The van der Waals surface area contributed by atoms with Gasteiger partial charge in [-0.2, -0.15) is 0 Å². The molecule has 0 fully saturated rings. The van der Waals surface area contributed by atoms with Crippen LogP contribution in [-0.4, -0.2) is 10.8 Å². The Morgan fingerprint density at radius 1 is 1.28 bits per heavy atom. The number of rotatable bonds is 3. The molecule has 0 aliphatic rings. The van der Waals surface area contributed by atoms with E-state index in [1.54, 1.807) is 36.5 Å². The van der Waals surface area contributed by atoms with Crippen LogP contribution in [0.4, 0.5) is 11.5 Å². The van der Waals surface area contributed by atoms with Crippen molar-refractivity contribution in [2.75, 3.05) is 11.5 Å². The SMILES string of the molecule is Nc1cc(Cl)ccc1C(=O)Cc1cccnc1N. The van der Waals surface area contributed by atoms with Crippen LogP contribution >= 0.6 is 11.6 Å². The molecule has 0 saturated carbocycles. The minimum absolute atomic E-state index is 0.108. The fourth-order valence-electron chi connectivity index (χ4n) is 1.66. The largest absolute Gasteiger partial charge is 0.398 e. The zero-order valence-corrected chi connectivity index (χ0v) is 10.3. The van der Waals surface area contributed by atoms with Crippen LogP contribution in [-0.2, 0) is 6.42 Å². The highest BCUT2D eigenvalue weighted by Crippen LogP contribution is 2.20. The van der Waals surface area contributed by atoms with Crippen molar-refractivity contribution in [1.82, 2.24) is 4.98 Å². The molecule has 4 nitrogen and oxygen atoms in total. The minimum Gasteiger partial charge on any atom is -0.398 e. The van der Waals surface area contributed by atoms with E-state index in [9.17, 15) is 4.79 Å². The molecular weight excluding hydrogens is 250 g/mol. The molecule has 0 aliphatic carbocycles. The Hall–Kier alpha value is -2.07. The van der Waals surface area contributed by atoms with Crippen LogP contribution in [0.3, 0.4) is 0 Å². The number of benzene rings is 1. The second-order valence-electron chi connectivity index (χ2n) is 3.88. The first-order valence-corrected chi connectivity index (χ1v) is 5.73. The lowest BCUT2D eigenvalue weighted by Gasteiger charge is -2.06. The Labute approximate surface area is 110 Å². The number of nitrogens with two attached hydrogens (primary N) is 2. The van der Waals surface area contributed by atoms with E-state index < -0.39 is 0 Å². The van der Waals surface area contributed by atoms with Crippen molar-refractivity contribution in [3.63, 3.8) is 0 Å². The van der Waals surface area contributed by atoms with Crippen molar-refractivity contribution >= 4 is 28.9 Å². The summed E-state index contributed by atoms with van der Waals surface area (Å²) in [6.45, 7) is 0. The summed E-state index contributed by atoms with van der Waals surface area (Å²) in [7, 11) is 0. The van der Waals surface area contributed by atoms with Crippen molar-refractivity contribution in [3.05, 3.63) is 52.7 Å². The summed E-state index contributed by atoms with van der Waals surface area (Å²) in [5, 5.41) is 0.505. The maximum absolute atomic E-state index is 12.1. The van der Waals surface area contributed by atoms with E-state index in [2.05, 4.69) is 4.98 Å². The summed E-state index contributed by atoms with van der Waals surface area (Å²) in [5.74, 6) is 0.252. The van der Waals surface area contributed by atoms with Crippen molar-refractivity contribution < 1.29 is 4.79 Å². The van der Waals surface area contributed by atoms with Gasteiger partial charge in [-0.05, 0) is 24.3 Å². The molecule has 4 N–H and O–H groups in total. The van der Waals surface area contributed by atoms with E-state index in [1.165, 1.54) is 0 Å². The zero-order valence-electron chi connectivity index (χ0n) is 9.56. The van der Waals surface area contributed by atoms with E-state index in [4.69, 9.17) is 23.1 Å². The molecule has 0 bridgehead atoms. The van der Waals surface area contributed by atoms with E-state index >= 15 is 0 Å². The molecule has 0 radical (unpaired) electrons. The summed E-state index contributed by atoms with van der Waals surface area (Å²) in [6.07, 6.45) is 1.76. The van der Waals surface area contributed by atoms with Gasteiger partial charge in [-0.15, -0.1) is 0 Å². The van der Waals surface area contributed by atoms with Crippen LogP contribution in [0.25, 0.3) is 0 Å². The molecule has 0 amide bonds. The molecule has 0 unspecified atom stereocenters. The first-order valence-electron chi connectivity index (χ1n) is 5.35. The molecule has 2 rings (SSSR count). The predicted molar refractivity (Wildman–Crippen MR) is 72.5 cm³/mol. The van der Waals surface area contributed by atoms with Gasteiger partial charge in [0.15, 0.2) is 5.78 Å². The lowest BCUT2D eigenvalue weighted by atomic mass is 10.0. The molecule has 1 heterocycles. The van der Waals surface area contributed by atoms with Crippen molar-refractivity contribution in [2.24, 2.45) is 0 Å². The van der Waals surface area contributed by atoms with Gasteiger partial charge in [0, 0.05) is 34.5 Å². The average Bonchev–Trinajstić information content (AvgIpc) is 2.32. The second kappa shape index (κ2) is 5.06. The van der Waals surface area contributed by atoms with Gasteiger partial charge >= 0.3 is 0 Å². The molecule has 18 heavy (non-hydrogen) atoms. The maximum atomic E-state index is 12.1. The third-order valence-electron chi connectivity index (χ3n) is 2.59. The molecule has 0 atom stereocenters. The third kappa shape index (κ3) is 2.60. The number of hydrogen-bond acceptors (Lipinski definition) is 4. The molecule has 92 valence electrons. The van der Waals surface area contributed by atoms with Crippen LogP contribution in [0.15, 0.2) is 36.5 Å². The number of anilines is 2. The van der Waals surface area contributed by atoms with E-state index in [-0.39, 0.29) is 12.2 Å². The Morgan fingerprint density at radius 2 is 2.06 bits per heavy atom. The van der Waals surface area contributed by atoms with Crippen LogP contribution < -0.4 is 11.5 Å². The van der Waals surface area contributed by atoms with Gasteiger partial charge < -0.3 is 11.5 Å². The normalized spacial score (nSPS) is 10.3. The Balaban J connectivity index is 2.25. The van der Waals surface area contributed by atoms with Crippen molar-refractivity contribution in [1.29, 1.82) is 0 Å². The number of hydrogen-bond donors (Lipinski definition) is 2. The Kier molecular flexibility index (Phi) is 3.48. The lowest BCUT2D eigenvalue weighted by Crippen LogP contribution is -2.09. The standard InChI is InChI=1S/C13H12ClN3O/c14-9-3-4-10(11(15)7-9)12(18)6-8-2-1-5-17-13(8)16/h1-5,7H,6,15H2,(H2,16,17). The van der Waals surface area contributed by atoms with Gasteiger partial charge in [-0.3, -0.25) is 4.79 Å². The van der Waals surface area contributed by atoms with Crippen molar-refractivity contribution in [3.8, 4) is 0 Å². The zero-order chi connectivity index (χ0) is 13.1. The van der Waals surface area contributed by atoms with E-state index in [0.717, 1.165) is 0 Å². The summed E-state index contributed by atoms with van der Waals surface area (Å²) >= 11 is 5.79. The van der Waals surface area contributed by atoms with Crippen molar-refractivity contribution in [2.45, 2.75) is 6.42 Å². The molecule has 1 aromatic carbocycles. The molecular formula is C13H12ClN3O. The monoisotopic (exact) mass is 261 g/mol. The van der Waals surface area contributed by atoms with Gasteiger partial charge in [-0.25, -0.2) is 4.98 Å². The molecule has 0 spiro atoms. The number of halogens is 1. The van der Waals surface area contributed by atoms with Gasteiger partial charge in [0.05, 0.1) is 0 Å². The number of nitrogen functional groups attached to an aromatic ring is 2. The minimum atomic E-state index is -0.108. The highest BCUT2D eigenvalue weighted by atomic mass is 35.5. The number of ketones is 1. The number of carbonyl (C=O) groups is 1. The number of nitrogens with zero attached hydrogens (tertiary/aromatic N) is 1. The summed E-state index contributed by atoms with van der Waals surface area (Å²) < 4.78 is 0. The molecule has 2 aromatic rings. The van der Waals surface area contributed by atoms with Gasteiger partial charge in [0.25, 0.3) is 0 Å². The smallest absolute Gasteiger partial charge is 0.169 e. The number of Topliss-reactive ketones (excluding diaryl/α,β-unsaturated/α-hetero) is 1. The van der Waals surface area contributed by atoms with Crippen LogP contribution in [0, 0.1) is 0 Å². The van der Waals surface area contributed by atoms with Gasteiger partial charge in [0.2, 0.25) is 0 Å². The Morgan fingerprint density at radius 3 is 2.72 bits per heavy atom. The van der Waals surface area contributed by atoms with E-state index in [0.29, 0.717) is 27.7 Å². The first kappa shape index (κ1) is 12.4. The number of pyridine rings is 1. The fourth-order valence-corrected chi connectivity index (χ4v) is 1.84. The molecule has 0 aliphatic heterocycles. The molecule has 0 saturated heterocycles. The maximum Gasteiger partial charge on any atom is 0.169 e. The van der Waals surface area contributed by atoms with Gasteiger partial charge in [-0.1, -0.05) is 17.7 Å². The molecule has 1 aromatic heterocycles. The lowest BCUT2D eigenvalue weighted by molar-refractivity contribution is 0.0994. The highest BCUT2D eigenvalue weighted by Gasteiger charge is 2.12. The summed E-state index contributed by atoms with van der Waals surface area (Å²) in [5.41, 5.74) is 13.0. The topological polar surface area (TPSA) is 82.0 Å². The summed E-state index contributed by atoms with van der Waals surface area (Å²) in [6, 6.07) is 8.32. The first-order chi connectivity index (χ1) is 8.58. The van der Waals surface area contributed by atoms with Crippen LogP contribution in [0.1, 0.15) is 15.9 Å². The predicted octanol–water partition coefficient (Wildman–Crippen LogP) is 2.32.